The minimum Gasteiger partial charge on any atom is -0.478 e. The lowest BCUT2D eigenvalue weighted by Gasteiger charge is -2.23. The molecule has 1 aromatic rings. The lowest BCUT2D eigenvalue weighted by Crippen LogP contribution is -2.51. The molecule has 82 valence electrons. The molecule has 0 saturated heterocycles. The molecule has 0 aromatic heterocycles. The first-order chi connectivity index (χ1) is 7.08. The molecule has 0 fully saturated rings. The normalized spacial score (nSPS) is 14.5. The van der Waals surface area contributed by atoms with Crippen LogP contribution in [0.5, 0.6) is 0 Å². The lowest BCUT2D eigenvalue weighted by molar-refractivity contribution is -0.163. The van der Waals surface area contributed by atoms with E-state index in [9.17, 15) is 9.90 Å². The summed E-state index contributed by atoms with van der Waals surface area (Å²) in [5.41, 5.74) is -0.902. The molecule has 3 N–H and O–H groups in total. The number of carbonyl (C=O) groups is 1. The molecule has 0 heterocycles. The molecule has 0 aliphatic carbocycles. The number of rotatable bonds is 5. The molecule has 0 amide bonds. The van der Waals surface area contributed by atoms with E-state index in [1.54, 1.807) is 6.92 Å². The summed E-state index contributed by atoms with van der Waals surface area (Å²) < 4.78 is 0. The highest BCUT2D eigenvalue weighted by molar-refractivity contribution is 5.76. The Kier molecular flexibility index (Phi) is 3.82. The smallest absolute Gasteiger partial charge is 0.351 e. The Balaban J connectivity index is 2.59. The van der Waals surface area contributed by atoms with Crippen LogP contribution in [0.4, 0.5) is 0 Å². The zero-order valence-corrected chi connectivity index (χ0v) is 8.60. The van der Waals surface area contributed by atoms with E-state index in [2.05, 4.69) is 5.32 Å². The Morgan fingerprint density at radius 2 is 2.00 bits per heavy atom. The molecule has 0 saturated carbocycles. The summed E-state index contributed by atoms with van der Waals surface area (Å²) in [6.07, 6.45) is 0.120. The average Bonchev–Trinajstić information content (AvgIpc) is 2.27. The van der Waals surface area contributed by atoms with Gasteiger partial charge in [0.05, 0.1) is 0 Å². The van der Waals surface area contributed by atoms with Gasteiger partial charge in [-0.05, 0) is 12.0 Å². The second kappa shape index (κ2) is 4.91. The Bertz CT molecular complexity index is 326. The third kappa shape index (κ3) is 3.04. The monoisotopic (exact) mass is 209 g/mol. The largest absolute Gasteiger partial charge is 0.478 e. The van der Waals surface area contributed by atoms with E-state index in [4.69, 9.17) is 5.11 Å². The van der Waals surface area contributed by atoms with Crippen molar-refractivity contribution in [2.24, 2.45) is 0 Å². The Morgan fingerprint density at radius 3 is 2.47 bits per heavy atom. The van der Waals surface area contributed by atoms with Gasteiger partial charge in [0.2, 0.25) is 5.72 Å². The summed E-state index contributed by atoms with van der Waals surface area (Å²) in [6.45, 7) is 1.95. The van der Waals surface area contributed by atoms with E-state index in [1.807, 2.05) is 30.3 Å². The third-order valence-corrected chi connectivity index (χ3v) is 2.29. The zero-order valence-electron chi connectivity index (χ0n) is 8.60. The van der Waals surface area contributed by atoms with Crippen molar-refractivity contribution in [1.29, 1.82) is 0 Å². The molecular weight excluding hydrogens is 194 g/mol. The number of carboxylic acids is 1. The van der Waals surface area contributed by atoms with Crippen LogP contribution in [0.25, 0.3) is 0 Å². The van der Waals surface area contributed by atoms with Gasteiger partial charge in [-0.3, -0.25) is 5.32 Å². The lowest BCUT2D eigenvalue weighted by atomic mass is 10.1. The maximum atomic E-state index is 10.8. The van der Waals surface area contributed by atoms with Crippen LogP contribution in [-0.2, 0) is 11.3 Å². The Hall–Kier alpha value is -1.39. The van der Waals surface area contributed by atoms with Crippen LogP contribution >= 0.6 is 0 Å². The van der Waals surface area contributed by atoms with Gasteiger partial charge in [0.15, 0.2) is 0 Å². The fourth-order valence-electron chi connectivity index (χ4n) is 1.20. The minimum absolute atomic E-state index is 0.120. The fourth-order valence-corrected chi connectivity index (χ4v) is 1.20. The highest BCUT2D eigenvalue weighted by Gasteiger charge is 2.32. The SMILES string of the molecule is CCC(O)(NCc1ccccc1)C(=O)O. The van der Waals surface area contributed by atoms with Gasteiger partial charge < -0.3 is 10.2 Å². The second-order valence-electron chi connectivity index (χ2n) is 3.36. The molecule has 1 aromatic carbocycles. The van der Waals surface area contributed by atoms with Gasteiger partial charge in [-0.1, -0.05) is 37.3 Å². The van der Waals surface area contributed by atoms with Crippen molar-refractivity contribution in [1.82, 2.24) is 5.32 Å². The van der Waals surface area contributed by atoms with Gasteiger partial charge in [-0.15, -0.1) is 0 Å². The summed E-state index contributed by atoms with van der Waals surface area (Å²) in [6, 6.07) is 9.34. The van der Waals surface area contributed by atoms with Gasteiger partial charge in [-0.25, -0.2) is 4.79 Å². The number of nitrogens with one attached hydrogen (secondary N) is 1. The van der Waals surface area contributed by atoms with E-state index in [0.717, 1.165) is 5.56 Å². The van der Waals surface area contributed by atoms with Gasteiger partial charge in [0, 0.05) is 6.54 Å². The molecule has 0 aliphatic rings. The van der Waals surface area contributed by atoms with Crippen molar-refractivity contribution in [2.75, 3.05) is 0 Å². The quantitative estimate of drug-likeness (QED) is 0.632. The number of carboxylic acid groups (broad SMARTS) is 1. The van der Waals surface area contributed by atoms with E-state index in [-0.39, 0.29) is 6.42 Å². The minimum atomic E-state index is -1.84. The van der Waals surface area contributed by atoms with Crippen molar-refractivity contribution in [3.8, 4) is 0 Å². The summed E-state index contributed by atoms with van der Waals surface area (Å²) in [7, 11) is 0. The van der Waals surface area contributed by atoms with E-state index in [0.29, 0.717) is 6.54 Å². The van der Waals surface area contributed by atoms with Gasteiger partial charge in [0.1, 0.15) is 0 Å². The summed E-state index contributed by atoms with van der Waals surface area (Å²) in [5.74, 6) is -1.25. The first kappa shape index (κ1) is 11.7. The van der Waals surface area contributed by atoms with Crippen molar-refractivity contribution < 1.29 is 15.0 Å². The zero-order chi connectivity index (χ0) is 11.3. The molecule has 0 aliphatic heterocycles. The number of hydrogen-bond donors (Lipinski definition) is 3. The molecule has 4 nitrogen and oxygen atoms in total. The first-order valence-corrected chi connectivity index (χ1v) is 4.83. The molecule has 0 spiro atoms. The second-order valence-corrected chi connectivity index (χ2v) is 3.36. The van der Waals surface area contributed by atoms with Crippen LogP contribution < -0.4 is 5.32 Å². The molecule has 0 radical (unpaired) electrons. The summed E-state index contributed by atoms with van der Waals surface area (Å²) in [4.78, 5) is 10.8. The maximum Gasteiger partial charge on any atom is 0.351 e. The molecular formula is C11H15NO3. The van der Waals surface area contributed by atoms with Gasteiger partial charge in [-0.2, -0.15) is 0 Å². The highest BCUT2D eigenvalue weighted by atomic mass is 16.4. The fraction of sp³-hybridized carbons (Fsp3) is 0.364. The summed E-state index contributed by atoms with van der Waals surface area (Å²) in [5, 5.41) is 21.1. The number of benzene rings is 1. The summed E-state index contributed by atoms with van der Waals surface area (Å²) >= 11 is 0. The average molecular weight is 209 g/mol. The van der Waals surface area contributed by atoms with E-state index < -0.39 is 11.7 Å². The van der Waals surface area contributed by atoms with Crippen LogP contribution in [0.15, 0.2) is 30.3 Å². The van der Waals surface area contributed by atoms with E-state index in [1.165, 1.54) is 0 Å². The van der Waals surface area contributed by atoms with Crippen LogP contribution in [0.2, 0.25) is 0 Å². The Morgan fingerprint density at radius 1 is 1.40 bits per heavy atom. The predicted octanol–water partition coefficient (Wildman–Crippen LogP) is 0.959. The molecule has 0 bridgehead atoms. The maximum absolute atomic E-state index is 10.8. The van der Waals surface area contributed by atoms with Gasteiger partial charge in [0.25, 0.3) is 0 Å². The molecule has 1 atom stereocenters. The predicted molar refractivity (Wildman–Crippen MR) is 56.2 cm³/mol. The topological polar surface area (TPSA) is 69.6 Å². The van der Waals surface area contributed by atoms with Crippen LogP contribution in [0, 0.1) is 0 Å². The number of aliphatic hydroxyl groups is 1. The number of hydrogen-bond acceptors (Lipinski definition) is 3. The molecule has 1 unspecified atom stereocenters. The molecule has 1 rings (SSSR count). The number of aliphatic carboxylic acids is 1. The molecule has 4 heteroatoms. The first-order valence-electron chi connectivity index (χ1n) is 4.83. The van der Waals surface area contributed by atoms with Crippen molar-refractivity contribution in [3.05, 3.63) is 35.9 Å². The van der Waals surface area contributed by atoms with Crippen molar-refractivity contribution in [2.45, 2.75) is 25.6 Å². The third-order valence-electron chi connectivity index (χ3n) is 2.29. The van der Waals surface area contributed by atoms with E-state index >= 15 is 0 Å². The van der Waals surface area contributed by atoms with Crippen LogP contribution in [-0.4, -0.2) is 21.9 Å². The van der Waals surface area contributed by atoms with Crippen LogP contribution in [0.1, 0.15) is 18.9 Å². The van der Waals surface area contributed by atoms with Crippen LogP contribution in [0.3, 0.4) is 0 Å². The van der Waals surface area contributed by atoms with Crippen molar-refractivity contribution in [3.63, 3.8) is 0 Å². The van der Waals surface area contributed by atoms with Gasteiger partial charge >= 0.3 is 5.97 Å². The Labute approximate surface area is 88.6 Å². The molecule has 15 heavy (non-hydrogen) atoms. The van der Waals surface area contributed by atoms with Crippen molar-refractivity contribution >= 4 is 5.97 Å². The standard InChI is InChI=1S/C11H15NO3/c1-2-11(15,10(13)14)12-8-9-6-4-3-5-7-9/h3-7,12,15H,2,8H2,1H3,(H,13,14). The highest BCUT2D eigenvalue weighted by Crippen LogP contribution is 2.08.